The minimum absolute atomic E-state index is 0.325. The molecule has 3 heteroatoms. The van der Waals surface area contributed by atoms with Crippen LogP contribution in [-0.4, -0.2) is 12.6 Å². The largest absolute Gasteiger partial charge is 0.463 e. The Morgan fingerprint density at radius 2 is 1.85 bits per heavy atom. The molecule has 0 bridgehead atoms. The fraction of sp³-hybridized carbons (Fsp3) is 0.118. The van der Waals surface area contributed by atoms with Gasteiger partial charge in [-0.1, -0.05) is 30.3 Å². The van der Waals surface area contributed by atoms with Crippen molar-refractivity contribution in [1.82, 2.24) is 0 Å². The van der Waals surface area contributed by atoms with Crippen LogP contribution in [0.3, 0.4) is 0 Å². The van der Waals surface area contributed by atoms with Gasteiger partial charge in [0.1, 0.15) is 0 Å². The van der Waals surface area contributed by atoms with Crippen molar-refractivity contribution >= 4 is 23.4 Å². The first kappa shape index (κ1) is 13.9. The Morgan fingerprint density at radius 1 is 1.10 bits per heavy atom. The van der Waals surface area contributed by atoms with E-state index in [1.807, 2.05) is 54.6 Å². The molecular weight excluding hydrogens is 250 g/mol. The van der Waals surface area contributed by atoms with Crippen LogP contribution in [0.15, 0.2) is 60.7 Å². The lowest BCUT2D eigenvalue weighted by atomic mass is 10.2. The van der Waals surface area contributed by atoms with E-state index >= 15 is 0 Å². The van der Waals surface area contributed by atoms with Crippen LogP contribution in [0.4, 0.5) is 11.4 Å². The summed E-state index contributed by atoms with van der Waals surface area (Å²) < 4.78 is 4.85. The first-order valence-corrected chi connectivity index (χ1v) is 6.55. The van der Waals surface area contributed by atoms with Crippen LogP contribution < -0.4 is 5.32 Å². The molecule has 0 radical (unpaired) electrons. The van der Waals surface area contributed by atoms with Gasteiger partial charge in [0.15, 0.2) is 0 Å². The van der Waals surface area contributed by atoms with Crippen molar-refractivity contribution in [3.05, 3.63) is 66.2 Å². The number of esters is 1. The Labute approximate surface area is 118 Å². The maximum Gasteiger partial charge on any atom is 0.330 e. The summed E-state index contributed by atoms with van der Waals surface area (Å²) in [4.78, 5) is 11.3. The molecule has 2 rings (SSSR count). The number of nitrogens with one attached hydrogen (secondary N) is 1. The summed E-state index contributed by atoms with van der Waals surface area (Å²) >= 11 is 0. The Balaban J connectivity index is 2.06. The summed E-state index contributed by atoms with van der Waals surface area (Å²) in [6.45, 7) is 2.18. The molecule has 0 spiro atoms. The number of carbonyl (C=O) groups excluding carboxylic acids is 1. The zero-order valence-corrected chi connectivity index (χ0v) is 11.4. The molecule has 0 heterocycles. The van der Waals surface area contributed by atoms with E-state index in [1.165, 1.54) is 6.08 Å². The van der Waals surface area contributed by atoms with Gasteiger partial charge in [-0.25, -0.2) is 4.79 Å². The van der Waals surface area contributed by atoms with Gasteiger partial charge in [0.05, 0.1) is 6.61 Å². The van der Waals surface area contributed by atoms with E-state index in [0.717, 1.165) is 16.9 Å². The number of carbonyl (C=O) groups is 1. The topological polar surface area (TPSA) is 38.3 Å². The van der Waals surface area contributed by atoms with E-state index in [1.54, 1.807) is 13.0 Å². The van der Waals surface area contributed by atoms with Crippen LogP contribution in [0.2, 0.25) is 0 Å². The molecule has 0 atom stereocenters. The molecule has 0 amide bonds. The third-order valence-electron chi connectivity index (χ3n) is 2.65. The molecule has 1 N–H and O–H groups in total. The molecule has 0 aliphatic heterocycles. The predicted octanol–water partition coefficient (Wildman–Crippen LogP) is 4.01. The van der Waals surface area contributed by atoms with Gasteiger partial charge in [-0.3, -0.25) is 0 Å². The van der Waals surface area contributed by atoms with Crippen LogP contribution in [0.5, 0.6) is 0 Å². The van der Waals surface area contributed by atoms with Crippen molar-refractivity contribution in [3.8, 4) is 0 Å². The molecule has 0 fully saturated rings. The van der Waals surface area contributed by atoms with E-state index in [-0.39, 0.29) is 5.97 Å². The summed E-state index contributed by atoms with van der Waals surface area (Å²) in [5, 5.41) is 3.31. The Bertz CT molecular complexity index is 591. The molecule has 0 aromatic heterocycles. The summed E-state index contributed by atoms with van der Waals surface area (Å²) in [5.41, 5.74) is 2.94. The minimum atomic E-state index is -0.325. The monoisotopic (exact) mass is 267 g/mol. The Kier molecular flexibility index (Phi) is 4.95. The van der Waals surface area contributed by atoms with Gasteiger partial charge in [-0.15, -0.1) is 0 Å². The number of hydrogen-bond donors (Lipinski definition) is 1. The van der Waals surface area contributed by atoms with Crippen molar-refractivity contribution < 1.29 is 9.53 Å². The number of para-hydroxylation sites is 1. The van der Waals surface area contributed by atoms with Crippen molar-refractivity contribution in [3.63, 3.8) is 0 Å². The van der Waals surface area contributed by atoms with E-state index in [2.05, 4.69) is 5.32 Å². The standard InChI is InChI=1S/C17H17NO2/c1-2-20-17(19)12-11-14-7-6-10-16(13-14)18-15-8-4-3-5-9-15/h3-13,18H,2H2,1H3. The summed E-state index contributed by atoms with van der Waals surface area (Å²) in [5.74, 6) is -0.325. The lowest BCUT2D eigenvalue weighted by molar-refractivity contribution is -0.137. The summed E-state index contributed by atoms with van der Waals surface area (Å²) in [6, 6.07) is 17.8. The highest BCUT2D eigenvalue weighted by molar-refractivity contribution is 5.87. The molecule has 102 valence electrons. The maximum absolute atomic E-state index is 11.3. The SMILES string of the molecule is CCOC(=O)C=Cc1cccc(Nc2ccccc2)c1. The second-order valence-corrected chi connectivity index (χ2v) is 4.20. The molecule has 0 aliphatic rings. The zero-order chi connectivity index (χ0) is 14.2. The van der Waals surface area contributed by atoms with Crippen molar-refractivity contribution in [2.24, 2.45) is 0 Å². The van der Waals surface area contributed by atoms with Crippen molar-refractivity contribution in [2.45, 2.75) is 6.92 Å². The summed E-state index contributed by atoms with van der Waals surface area (Å²) in [6.07, 6.45) is 3.18. The van der Waals surface area contributed by atoms with Gasteiger partial charge in [-0.2, -0.15) is 0 Å². The third-order valence-corrected chi connectivity index (χ3v) is 2.65. The number of rotatable bonds is 5. The molecule has 3 nitrogen and oxygen atoms in total. The third kappa shape index (κ3) is 4.28. The summed E-state index contributed by atoms with van der Waals surface area (Å²) in [7, 11) is 0. The maximum atomic E-state index is 11.3. The Hall–Kier alpha value is -2.55. The molecule has 2 aromatic carbocycles. The first-order chi connectivity index (χ1) is 9.78. The molecule has 20 heavy (non-hydrogen) atoms. The highest BCUT2D eigenvalue weighted by atomic mass is 16.5. The number of anilines is 2. The highest BCUT2D eigenvalue weighted by Gasteiger charge is 1.97. The predicted molar refractivity (Wildman–Crippen MR) is 81.8 cm³/mol. The zero-order valence-electron chi connectivity index (χ0n) is 11.4. The second-order valence-electron chi connectivity index (χ2n) is 4.20. The molecule has 0 aliphatic carbocycles. The number of benzene rings is 2. The molecule has 0 unspecified atom stereocenters. The van der Waals surface area contributed by atoms with E-state index in [0.29, 0.717) is 6.61 Å². The van der Waals surface area contributed by atoms with Crippen LogP contribution in [-0.2, 0) is 9.53 Å². The van der Waals surface area contributed by atoms with Crippen LogP contribution in [0, 0.1) is 0 Å². The average molecular weight is 267 g/mol. The number of ether oxygens (including phenoxy) is 1. The van der Waals surface area contributed by atoms with E-state index < -0.39 is 0 Å². The molecule has 0 saturated heterocycles. The van der Waals surface area contributed by atoms with Gasteiger partial charge >= 0.3 is 5.97 Å². The van der Waals surface area contributed by atoms with Gasteiger partial charge in [-0.05, 0) is 42.8 Å². The lowest BCUT2D eigenvalue weighted by Gasteiger charge is -2.06. The molecule has 2 aromatic rings. The smallest absolute Gasteiger partial charge is 0.330 e. The lowest BCUT2D eigenvalue weighted by Crippen LogP contribution is -1.98. The van der Waals surface area contributed by atoms with Crippen LogP contribution in [0.1, 0.15) is 12.5 Å². The second kappa shape index (κ2) is 7.14. The van der Waals surface area contributed by atoms with Crippen LogP contribution in [0.25, 0.3) is 6.08 Å². The van der Waals surface area contributed by atoms with Crippen LogP contribution >= 0.6 is 0 Å². The number of hydrogen-bond acceptors (Lipinski definition) is 3. The minimum Gasteiger partial charge on any atom is -0.463 e. The quantitative estimate of drug-likeness (QED) is 0.657. The fourth-order valence-corrected chi connectivity index (χ4v) is 1.76. The first-order valence-electron chi connectivity index (χ1n) is 6.55. The molecular formula is C17H17NO2. The van der Waals surface area contributed by atoms with Gasteiger partial charge in [0.25, 0.3) is 0 Å². The normalized spacial score (nSPS) is 10.4. The average Bonchev–Trinajstić information content (AvgIpc) is 2.47. The van der Waals surface area contributed by atoms with Crippen molar-refractivity contribution in [1.29, 1.82) is 0 Å². The fourth-order valence-electron chi connectivity index (χ4n) is 1.76. The van der Waals surface area contributed by atoms with Gasteiger partial charge < -0.3 is 10.1 Å². The highest BCUT2D eigenvalue weighted by Crippen LogP contribution is 2.17. The van der Waals surface area contributed by atoms with E-state index in [9.17, 15) is 4.79 Å². The molecule has 0 saturated carbocycles. The van der Waals surface area contributed by atoms with E-state index in [4.69, 9.17) is 4.74 Å². The van der Waals surface area contributed by atoms with Crippen molar-refractivity contribution in [2.75, 3.05) is 11.9 Å². The van der Waals surface area contributed by atoms with Gasteiger partial charge in [0.2, 0.25) is 0 Å². The van der Waals surface area contributed by atoms with Gasteiger partial charge in [0, 0.05) is 17.5 Å². The Morgan fingerprint density at radius 3 is 2.60 bits per heavy atom.